The van der Waals surface area contributed by atoms with Crippen molar-refractivity contribution in [2.45, 2.75) is 26.9 Å². The molecule has 0 unspecified atom stereocenters. The van der Waals surface area contributed by atoms with Gasteiger partial charge in [-0.15, -0.1) is 0 Å². The maximum absolute atomic E-state index is 5.86. The SMILES string of the molecule is CC/C=C(\C=C(/C)OCCN)OCc1ccccc1OC. The minimum Gasteiger partial charge on any atom is -0.497 e. The van der Waals surface area contributed by atoms with E-state index in [4.69, 9.17) is 19.9 Å². The average Bonchev–Trinajstić information content (AvgIpc) is 2.51. The van der Waals surface area contributed by atoms with Gasteiger partial charge in [0, 0.05) is 18.2 Å². The molecule has 0 bridgehead atoms. The van der Waals surface area contributed by atoms with Crippen molar-refractivity contribution in [3.63, 3.8) is 0 Å². The fraction of sp³-hybridized carbons (Fsp3) is 0.412. The number of para-hydroxylation sites is 1. The third-order valence-corrected chi connectivity index (χ3v) is 2.79. The van der Waals surface area contributed by atoms with Gasteiger partial charge in [-0.2, -0.15) is 0 Å². The van der Waals surface area contributed by atoms with Gasteiger partial charge in [0.25, 0.3) is 0 Å². The highest BCUT2D eigenvalue weighted by molar-refractivity contribution is 5.32. The molecule has 1 rings (SSSR count). The molecule has 1 aromatic carbocycles. The Bertz CT molecular complexity index is 481. The Balaban J connectivity index is 2.69. The number of nitrogens with two attached hydrogens (primary N) is 1. The molecule has 0 saturated heterocycles. The molecule has 0 aliphatic rings. The predicted octanol–water partition coefficient (Wildman–Crippen LogP) is 3.38. The molecule has 0 atom stereocenters. The lowest BCUT2D eigenvalue weighted by molar-refractivity contribution is 0.194. The van der Waals surface area contributed by atoms with E-state index in [1.165, 1.54) is 0 Å². The third kappa shape index (κ3) is 6.36. The Labute approximate surface area is 127 Å². The van der Waals surface area contributed by atoms with Gasteiger partial charge in [-0.05, 0) is 25.5 Å². The van der Waals surface area contributed by atoms with E-state index in [-0.39, 0.29) is 0 Å². The van der Waals surface area contributed by atoms with Crippen LogP contribution in [0.4, 0.5) is 0 Å². The van der Waals surface area contributed by atoms with Crippen LogP contribution in [0.25, 0.3) is 0 Å². The molecule has 0 saturated carbocycles. The van der Waals surface area contributed by atoms with Crippen LogP contribution in [-0.2, 0) is 16.1 Å². The van der Waals surface area contributed by atoms with Crippen LogP contribution in [0.15, 0.2) is 47.9 Å². The summed E-state index contributed by atoms with van der Waals surface area (Å²) in [5, 5.41) is 0. The molecule has 0 fully saturated rings. The largest absolute Gasteiger partial charge is 0.497 e. The second-order valence-electron chi connectivity index (χ2n) is 4.51. The minimum atomic E-state index is 0.455. The zero-order chi connectivity index (χ0) is 15.5. The molecule has 0 radical (unpaired) electrons. The summed E-state index contributed by atoms with van der Waals surface area (Å²) >= 11 is 0. The first-order valence-corrected chi connectivity index (χ1v) is 7.17. The first-order valence-electron chi connectivity index (χ1n) is 7.17. The maximum atomic E-state index is 5.86. The van der Waals surface area contributed by atoms with Crippen molar-refractivity contribution in [3.8, 4) is 5.75 Å². The number of hydrogen-bond donors (Lipinski definition) is 1. The average molecular weight is 291 g/mol. The van der Waals surface area contributed by atoms with Crippen LogP contribution >= 0.6 is 0 Å². The van der Waals surface area contributed by atoms with Gasteiger partial charge in [0.05, 0.1) is 19.5 Å². The number of allylic oxidation sites excluding steroid dienone is 3. The highest BCUT2D eigenvalue weighted by Crippen LogP contribution is 2.20. The van der Waals surface area contributed by atoms with E-state index < -0.39 is 0 Å². The molecule has 0 aromatic heterocycles. The number of rotatable bonds is 9. The van der Waals surface area contributed by atoms with Crippen molar-refractivity contribution in [1.82, 2.24) is 0 Å². The monoisotopic (exact) mass is 291 g/mol. The lowest BCUT2D eigenvalue weighted by Crippen LogP contribution is -2.07. The van der Waals surface area contributed by atoms with E-state index in [0.29, 0.717) is 19.8 Å². The zero-order valence-electron chi connectivity index (χ0n) is 13.1. The summed E-state index contributed by atoms with van der Waals surface area (Å²) in [4.78, 5) is 0. The predicted molar refractivity (Wildman–Crippen MR) is 84.9 cm³/mol. The molecule has 0 heterocycles. The summed E-state index contributed by atoms with van der Waals surface area (Å²) in [6.45, 7) is 5.42. The lowest BCUT2D eigenvalue weighted by Gasteiger charge is -2.12. The van der Waals surface area contributed by atoms with Crippen LogP contribution in [0.5, 0.6) is 5.75 Å². The van der Waals surface area contributed by atoms with Gasteiger partial charge in [0.2, 0.25) is 0 Å². The second kappa shape index (κ2) is 9.88. The van der Waals surface area contributed by atoms with Crippen molar-refractivity contribution in [1.29, 1.82) is 0 Å². The van der Waals surface area contributed by atoms with Gasteiger partial charge in [0.1, 0.15) is 18.1 Å². The fourth-order valence-electron chi connectivity index (χ4n) is 1.81. The van der Waals surface area contributed by atoms with Crippen molar-refractivity contribution in [3.05, 3.63) is 53.5 Å². The second-order valence-corrected chi connectivity index (χ2v) is 4.51. The van der Waals surface area contributed by atoms with E-state index >= 15 is 0 Å². The first kappa shape index (κ1) is 17.1. The number of ether oxygens (including phenoxy) is 3. The molecule has 21 heavy (non-hydrogen) atoms. The minimum absolute atomic E-state index is 0.455. The normalized spacial score (nSPS) is 12.2. The standard InChI is InChI=1S/C17H25NO3/c1-4-7-16(12-14(2)20-11-10-18)21-13-15-8-5-6-9-17(15)19-3/h5-9,12H,4,10-11,13,18H2,1-3H3/b14-12+,16-7+. The maximum Gasteiger partial charge on any atom is 0.125 e. The van der Waals surface area contributed by atoms with E-state index in [2.05, 4.69) is 6.92 Å². The Kier molecular flexibility index (Phi) is 8.05. The van der Waals surface area contributed by atoms with E-state index in [1.807, 2.05) is 43.3 Å². The summed E-state index contributed by atoms with van der Waals surface area (Å²) in [6.07, 6.45) is 4.79. The van der Waals surface area contributed by atoms with Gasteiger partial charge in [0.15, 0.2) is 0 Å². The molecular formula is C17H25NO3. The van der Waals surface area contributed by atoms with Crippen molar-refractivity contribution < 1.29 is 14.2 Å². The fourth-order valence-corrected chi connectivity index (χ4v) is 1.81. The summed E-state index contributed by atoms with van der Waals surface area (Å²) in [5.74, 6) is 2.41. The summed E-state index contributed by atoms with van der Waals surface area (Å²) < 4.78 is 16.6. The highest BCUT2D eigenvalue weighted by Gasteiger charge is 2.03. The molecule has 0 amide bonds. The number of methoxy groups -OCH3 is 1. The smallest absolute Gasteiger partial charge is 0.125 e. The van der Waals surface area contributed by atoms with Crippen LogP contribution < -0.4 is 10.5 Å². The van der Waals surface area contributed by atoms with Gasteiger partial charge in [-0.3, -0.25) is 0 Å². The van der Waals surface area contributed by atoms with Crippen LogP contribution in [0.1, 0.15) is 25.8 Å². The molecule has 0 aliphatic heterocycles. The molecule has 4 heteroatoms. The summed E-state index contributed by atoms with van der Waals surface area (Å²) in [7, 11) is 1.66. The summed E-state index contributed by atoms with van der Waals surface area (Å²) in [5.41, 5.74) is 6.43. The quantitative estimate of drug-likeness (QED) is 0.560. The van der Waals surface area contributed by atoms with Gasteiger partial charge in [-0.1, -0.05) is 25.1 Å². The van der Waals surface area contributed by atoms with Crippen molar-refractivity contribution in [2.75, 3.05) is 20.3 Å². The molecule has 1 aromatic rings. The molecule has 4 nitrogen and oxygen atoms in total. The molecule has 2 N–H and O–H groups in total. The topological polar surface area (TPSA) is 53.7 Å². The third-order valence-electron chi connectivity index (χ3n) is 2.79. The van der Waals surface area contributed by atoms with E-state index in [1.54, 1.807) is 7.11 Å². The molecular weight excluding hydrogens is 266 g/mol. The number of benzene rings is 1. The highest BCUT2D eigenvalue weighted by atomic mass is 16.5. The van der Waals surface area contributed by atoms with Crippen molar-refractivity contribution >= 4 is 0 Å². The summed E-state index contributed by atoms with van der Waals surface area (Å²) in [6, 6.07) is 7.82. The van der Waals surface area contributed by atoms with Gasteiger partial charge in [-0.25, -0.2) is 0 Å². The first-order chi connectivity index (χ1) is 10.2. The van der Waals surface area contributed by atoms with E-state index in [9.17, 15) is 0 Å². The lowest BCUT2D eigenvalue weighted by atomic mass is 10.2. The Morgan fingerprint density at radius 3 is 2.67 bits per heavy atom. The van der Waals surface area contributed by atoms with Crippen LogP contribution in [-0.4, -0.2) is 20.3 Å². The molecule has 0 spiro atoms. The van der Waals surface area contributed by atoms with E-state index in [0.717, 1.165) is 29.3 Å². The molecule has 116 valence electrons. The van der Waals surface area contributed by atoms with Gasteiger partial charge >= 0.3 is 0 Å². The van der Waals surface area contributed by atoms with Crippen molar-refractivity contribution in [2.24, 2.45) is 5.73 Å². The number of hydrogen-bond acceptors (Lipinski definition) is 4. The van der Waals surface area contributed by atoms with Gasteiger partial charge < -0.3 is 19.9 Å². The zero-order valence-corrected chi connectivity index (χ0v) is 13.1. The Morgan fingerprint density at radius 1 is 1.24 bits per heavy atom. The Hall–Kier alpha value is -1.94. The van der Waals surface area contributed by atoms with Crippen LogP contribution in [0, 0.1) is 0 Å². The Morgan fingerprint density at radius 2 is 2.00 bits per heavy atom. The van der Waals surface area contributed by atoms with Crippen LogP contribution in [0.2, 0.25) is 0 Å². The van der Waals surface area contributed by atoms with Crippen LogP contribution in [0.3, 0.4) is 0 Å². The molecule has 0 aliphatic carbocycles.